The Morgan fingerprint density at radius 2 is 2.44 bits per heavy atom. The summed E-state index contributed by atoms with van der Waals surface area (Å²) in [7, 11) is 0. The van der Waals surface area contributed by atoms with Crippen molar-refractivity contribution < 1.29 is 4.79 Å². The molecular formula is C6H10N2O. The molecule has 1 aliphatic heterocycles. The molecule has 1 amide bonds. The van der Waals surface area contributed by atoms with Gasteiger partial charge in [0, 0.05) is 12.1 Å². The second-order valence-electron chi connectivity index (χ2n) is 2.21. The normalized spacial score (nSPS) is 23.0. The first-order valence-electron chi connectivity index (χ1n) is 2.90. The van der Waals surface area contributed by atoms with E-state index >= 15 is 0 Å². The first kappa shape index (κ1) is 6.29. The van der Waals surface area contributed by atoms with E-state index in [1.165, 1.54) is 0 Å². The largest absolute Gasteiger partial charge is 0.336 e. The van der Waals surface area contributed by atoms with Gasteiger partial charge in [0.2, 0.25) is 5.91 Å². The van der Waals surface area contributed by atoms with E-state index in [9.17, 15) is 4.79 Å². The van der Waals surface area contributed by atoms with Crippen molar-refractivity contribution in [1.29, 1.82) is 0 Å². The Morgan fingerprint density at radius 1 is 1.89 bits per heavy atom. The highest BCUT2D eigenvalue weighted by atomic mass is 16.2. The van der Waals surface area contributed by atoms with E-state index in [0.29, 0.717) is 5.57 Å². The van der Waals surface area contributed by atoms with Crippen LogP contribution in [0.4, 0.5) is 0 Å². The van der Waals surface area contributed by atoms with Crippen molar-refractivity contribution in [3.8, 4) is 0 Å². The van der Waals surface area contributed by atoms with Crippen LogP contribution in [-0.4, -0.2) is 18.6 Å². The molecule has 3 heteroatoms. The van der Waals surface area contributed by atoms with E-state index < -0.39 is 0 Å². The first-order chi connectivity index (χ1) is 4.20. The van der Waals surface area contributed by atoms with Gasteiger partial charge in [0.25, 0.3) is 0 Å². The van der Waals surface area contributed by atoms with Gasteiger partial charge in [0.15, 0.2) is 0 Å². The Balaban J connectivity index is 2.25. The fourth-order valence-electron chi connectivity index (χ4n) is 0.442. The minimum absolute atomic E-state index is 0.0648. The smallest absolute Gasteiger partial charge is 0.247 e. The predicted octanol–water partition coefficient (Wildman–Crippen LogP) is -0.392. The van der Waals surface area contributed by atoms with Crippen LogP contribution in [0.3, 0.4) is 0 Å². The standard InChI is InChI=1S/C6H10N2O/c1-4(2)6(9)8-5-3-7-5/h5,7H,1,3H2,2H3,(H,8,9). The van der Waals surface area contributed by atoms with Crippen LogP contribution in [0.15, 0.2) is 12.2 Å². The van der Waals surface area contributed by atoms with Crippen molar-refractivity contribution in [2.45, 2.75) is 13.1 Å². The lowest BCUT2D eigenvalue weighted by Crippen LogP contribution is -2.28. The fourth-order valence-corrected chi connectivity index (χ4v) is 0.442. The molecule has 50 valence electrons. The van der Waals surface area contributed by atoms with Gasteiger partial charge >= 0.3 is 0 Å². The van der Waals surface area contributed by atoms with Crippen LogP contribution < -0.4 is 10.6 Å². The Morgan fingerprint density at radius 3 is 2.78 bits per heavy atom. The van der Waals surface area contributed by atoms with Gasteiger partial charge in [-0.15, -0.1) is 0 Å². The van der Waals surface area contributed by atoms with E-state index in [0.717, 1.165) is 6.54 Å². The van der Waals surface area contributed by atoms with Crippen molar-refractivity contribution >= 4 is 5.91 Å². The average Bonchev–Trinajstić information content (AvgIpc) is 2.50. The van der Waals surface area contributed by atoms with Gasteiger partial charge < -0.3 is 5.32 Å². The molecule has 1 rings (SSSR count). The van der Waals surface area contributed by atoms with Crippen LogP contribution >= 0.6 is 0 Å². The third-order valence-electron chi connectivity index (χ3n) is 1.10. The first-order valence-corrected chi connectivity index (χ1v) is 2.90. The third kappa shape index (κ3) is 1.85. The average molecular weight is 126 g/mol. The van der Waals surface area contributed by atoms with Crippen LogP contribution in [-0.2, 0) is 4.79 Å². The molecule has 0 aliphatic carbocycles. The molecule has 3 nitrogen and oxygen atoms in total. The molecule has 0 bridgehead atoms. The maximum Gasteiger partial charge on any atom is 0.247 e. The number of rotatable bonds is 2. The Bertz CT molecular complexity index is 149. The molecular weight excluding hydrogens is 116 g/mol. The zero-order valence-corrected chi connectivity index (χ0v) is 5.40. The number of hydrogen-bond donors (Lipinski definition) is 2. The molecule has 0 aromatic heterocycles. The molecule has 9 heavy (non-hydrogen) atoms. The van der Waals surface area contributed by atoms with Gasteiger partial charge in [0.05, 0.1) is 6.17 Å². The summed E-state index contributed by atoms with van der Waals surface area (Å²) in [6.45, 7) is 6.08. The SMILES string of the molecule is C=C(C)C(=O)NC1CN1. The molecule has 0 spiro atoms. The lowest BCUT2D eigenvalue weighted by Gasteiger charge is -1.98. The maximum absolute atomic E-state index is 10.7. The van der Waals surface area contributed by atoms with E-state index in [2.05, 4.69) is 17.2 Å². The summed E-state index contributed by atoms with van der Waals surface area (Å²) >= 11 is 0. The van der Waals surface area contributed by atoms with E-state index in [4.69, 9.17) is 0 Å². The molecule has 1 atom stereocenters. The van der Waals surface area contributed by atoms with Gasteiger partial charge in [-0.25, -0.2) is 0 Å². The molecule has 0 aromatic carbocycles. The van der Waals surface area contributed by atoms with E-state index in [1.807, 2.05) is 0 Å². The van der Waals surface area contributed by atoms with Gasteiger partial charge in [-0.3, -0.25) is 10.1 Å². The van der Waals surface area contributed by atoms with Gasteiger partial charge in [-0.05, 0) is 6.92 Å². The van der Waals surface area contributed by atoms with Crippen LogP contribution in [0.1, 0.15) is 6.92 Å². The number of carbonyl (C=O) groups excluding carboxylic acids is 1. The summed E-state index contributed by atoms with van der Waals surface area (Å²) < 4.78 is 0. The zero-order chi connectivity index (χ0) is 6.85. The third-order valence-corrected chi connectivity index (χ3v) is 1.10. The summed E-state index contributed by atoms with van der Waals surface area (Å²) in [5.74, 6) is -0.0648. The predicted molar refractivity (Wildman–Crippen MR) is 34.7 cm³/mol. The topological polar surface area (TPSA) is 51.0 Å². The highest BCUT2D eigenvalue weighted by Gasteiger charge is 2.21. The molecule has 0 radical (unpaired) electrons. The summed E-state index contributed by atoms with van der Waals surface area (Å²) in [5, 5.41) is 5.65. The summed E-state index contributed by atoms with van der Waals surface area (Å²) in [6.07, 6.45) is 0.203. The van der Waals surface area contributed by atoms with Crippen LogP contribution in [0, 0.1) is 0 Å². The highest BCUT2D eigenvalue weighted by Crippen LogP contribution is 1.93. The van der Waals surface area contributed by atoms with Crippen LogP contribution in [0.5, 0.6) is 0 Å². The fraction of sp³-hybridized carbons (Fsp3) is 0.500. The second kappa shape index (κ2) is 2.19. The molecule has 0 saturated carbocycles. The summed E-state index contributed by atoms with van der Waals surface area (Å²) in [6, 6.07) is 0. The highest BCUT2D eigenvalue weighted by molar-refractivity contribution is 5.92. The molecule has 2 N–H and O–H groups in total. The summed E-state index contributed by atoms with van der Waals surface area (Å²) in [5.41, 5.74) is 0.559. The molecule has 1 aliphatic rings. The zero-order valence-electron chi connectivity index (χ0n) is 5.40. The molecule has 0 aromatic rings. The lowest BCUT2D eigenvalue weighted by atomic mass is 10.3. The Kier molecular flexibility index (Phi) is 1.53. The number of amides is 1. The van der Waals surface area contributed by atoms with Crippen molar-refractivity contribution in [3.05, 3.63) is 12.2 Å². The van der Waals surface area contributed by atoms with Crippen molar-refractivity contribution in [1.82, 2.24) is 10.6 Å². The van der Waals surface area contributed by atoms with Gasteiger partial charge in [0.1, 0.15) is 0 Å². The van der Waals surface area contributed by atoms with Crippen molar-refractivity contribution in [2.24, 2.45) is 0 Å². The van der Waals surface area contributed by atoms with Crippen molar-refractivity contribution in [2.75, 3.05) is 6.54 Å². The number of hydrogen-bond acceptors (Lipinski definition) is 2. The lowest BCUT2D eigenvalue weighted by molar-refractivity contribution is -0.117. The summed E-state index contributed by atoms with van der Waals surface area (Å²) in [4.78, 5) is 10.7. The maximum atomic E-state index is 10.7. The van der Waals surface area contributed by atoms with E-state index in [1.54, 1.807) is 6.92 Å². The van der Waals surface area contributed by atoms with Gasteiger partial charge in [-0.1, -0.05) is 6.58 Å². The molecule has 1 heterocycles. The monoisotopic (exact) mass is 126 g/mol. The second-order valence-corrected chi connectivity index (χ2v) is 2.21. The molecule has 1 saturated heterocycles. The van der Waals surface area contributed by atoms with Crippen molar-refractivity contribution in [3.63, 3.8) is 0 Å². The minimum Gasteiger partial charge on any atom is -0.336 e. The van der Waals surface area contributed by atoms with Gasteiger partial charge in [-0.2, -0.15) is 0 Å². The van der Waals surface area contributed by atoms with Crippen LogP contribution in [0.2, 0.25) is 0 Å². The Labute approximate surface area is 54.1 Å². The number of carbonyl (C=O) groups is 1. The number of nitrogens with one attached hydrogen (secondary N) is 2. The minimum atomic E-state index is -0.0648. The quantitative estimate of drug-likeness (QED) is 0.391. The Hall–Kier alpha value is -0.830. The van der Waals surface area contributed by atoms with E-state index in [-0.39, 0.29) is 12.1 Å². The molecule has 1 unspecified atom stereocenters. The molecule has 1 fully saturated rings. The van der Waals surface area contributed by atoms with Crippen LogP contribution in [0.25, 0.3) is 0 Å².